The van der Waals surface area contributed by atoms with Crippen LogP contribution in [0, 0.1) is 11.8 Å². The van der Waals surface area contributed by atoms with Crippen LogP contribution in [0.1, 0.15) is 12.8 Å². The van der Waals surface area contributed by atoms with E-state index < -0.39 is 0 Å². The number of hydrogen-bond acceptors (Lipinski definition) is 3. The predicted octanol–water partition coefficient (Wildman–Crippen LogP) is 2.72. The Bertz CT molecular complexity index is 641. The average Bonchev–Trinajstić information content (AvgIpc) is 2.63. The van der Waals surface area contributed by atoms with Gasteiger partial charge in [0.2, 0.25) is 11.8 Å². The Hall–Kier alpha value is -1.85. The van der Waals surface area contributed by atoms with Gasteiger partial charge in [-0.15, -0.1) is 0 Å². The number of carbonyl (C=O) groups is 2. The number of para-hydroxylation sites is 1. The summed E-state index contributed by atoms with van der Waals surface area (Å²) in [4.78, 5) is 27.3. The molecule has 1 aromatic carbocycles. The smallest absolute Gasteiger partial charge is 0.228 e. The van der Waals surface area contributed by atoms with Gasteiger partial charge in [-0.1, -0.05) is 35.9 Å². The highest BCUT2D eigenvalue weighted by Crippen LogP contribution is 2.30. The highest BCUT2D eigenvalue weighted by Gasteiger charge is 2.36. The molecule has 128 valence electrons. The van der Waals surface area contributed by atoms with Gasteiger partial charge in [-0.3, -0.25) is 9.59 Å². The van der Waals surface area contributed by atoms with E-state index in [-0.39, 0.29) is 23.7 Å². The molecular weight excluding hydrogens is 328 g/mol. The van der Waals surface area contributed by atoms with Crippen LogP contribution in [0.4, 0.5) is 5.69 Å². The van der Waals surface area contributed by atoms with Crippen LogP contribution in [0.3, 0.4) is 0 Å². The van der Waals surface area contributed by atoms with E-state index in [9.17, 15) is 9.59 Å². The molecule has 1 heterocycles. The van der Waals surface area contributed by atoms with Crippen molar-refractivity contribution < 1.29 is 14.3 Å². The zero-order valence-electron chi connectivity index (χ0n) is 13.4. The maximum Gasteiger partial charge on any atom is 0.228 e. The first-order chi connectivity index (χ1) is 11.7. The van der Waals surface area contributed by atoms with Crippen molar-refractivity contribution in [3.63, 3.8) is 0 Å². The Balaban J connectivity index is 1.72. The standard InChI is InChI=1S/C18H21ClN2O3/c19-15-7-3-4-8-16(15)20-17(22)13-5-1-2-6-14(13)18(23)21-9-11-24-12-10-21/h1-4,7-8,13-14H,5-6,9-12H2,(H,20,22)/t13-,14+/m0/s1. The zero-order valence-corrected chi connectivity index (χ0v) is 14.2. The summed E-state index contributed by atoms with van der Waals surface area (Å²) in [7, 11) is 0. The molecular formula is C18H21ClN2O3. The van der Waals surface area contributed by atoms with Crippen LogP contribution in [0.5, 0.6) is 0 Å². The first-order valence-corrected chi connectivity index (χ1v) is 8.61. The van der Waals surface area contributed by atoms with Crippen LogP contribution in [0.25, 0.3) is 0 Å². The molecule has 1 aromatic rings. The van der Waals surface area contributed by atoms with Gasteiger partial charge < -0.3 is 15.0 Å². The van der Waals surface area contributed by atoms with Gasteiger partial charge in [0.15, 0.2) is 0 Å². The molecule has 1 aliphatic carbocycles. The molecule has 1 saturated heterocycles. The lowest BCUT2D eigenvalue weighted by Crippen LogP contribution is -2.47. The summed E-state index contributed by atoms with van der Waals surface area (Å²) >= 11 is 6.11. The van der Waals surface area contributed by atoms with Gasteiger partial charge in [-0.2, -0.15) is 0 Å². The van der Waals surface area contributed by atoms with Crippen LogP contribution in [-0.4, -0.2) is 43.0 Å². The van der Waals surface area contributed by atoms with E-state index in [2.05, 4.69) is 5.32 Å². The lowest BCUT2D eigenvalue weighted by atomic mass is 9.81. The molecule has 1 fully saturated rings. The number of morpholine rings is 1. The number of halogens is 1. The first kappa shape index (κ1) is 17.0. The quantitative estimate of drug-likeness (QED) is 0.854. The molecule has 3 rings (SSSR count). The molecule has 0 saturated carbocycles. The minimum atomic E-state index is -0.374. The first-order valence-electron chi connectivity index (χ1n) is 8.24. The molecule has 0 unspecified atom stereocenters. The lowest BCUT2D eigenvalue weighted by Gasteiger charge is -2.34. The van der Waals surface area contributed by atoms with Crippen molar-refractivity contribution in [3.05, 3.63) is 41.4 Å². The molecule has 1 N–H and O–H groups in total. The van der Waals surface area contributed by atoms with E-state index in [1.165, 1.54) is 0 Å². The van der Waals surface area contributed by atoms with Gasteiger partial charge in [-0.25, -0.2) is 0 Å². The molecule has 0 radical (unpaired) electrons. The molecule has 5 nitrogen and oxygen atoms in total. The molecule has 0 bridgehead atoms. The van der Waals surface area contributed by atoms with Gasteiger partial charge in [0.1, 0.15) is 0 Å². The van der Waals surface area contributed by atoms with E-state index >= 15 is 0 Å². The normalized spacial score (nSPS) is 23.8. The molecule has 24 heavy (non-hydrogen) atoms. The molecule has 0 spiro atoms. The summed E-state index contributed by atoms with van der Waals surface area (Å²) in [5.41, 5.74) is 0.580. The van der Waals surface area contributed by atoms with Crippen molar-refractivity contribution in [2.24, 2.45) is 11.8 Å². The summed E-state index contributed by atoms with van der Waals surface area (Å²) in [5.74, 6) is -0.807. The Morgan fingerprint density at radius 3 is 2.46 bits per heavy atom. The fourth-order valence-corrected chi connectivity index (χ4v) is 3.37. The van der Waals surface area contributed by atoms with Crippen LogP contribution in [0.15, 0.2) is 36.4 Å². The van der Waals surface area contributed by atoms with E-state index in [0.717, 1.165) is 0 Å². The van der Waals surface area contributed by atoms with E-state index in [0.29, 0.717) is 49.9 Å². The second-order valence-corrected chi connectivity index (χ2v) is 6.47. The van der Waals surface area contributed by atoms with Gasteiger partial charge in [0, 0.05) is 13.1 Å². The van der Waals surface area contributed by atoms with E-state index in [1.807, 2.05) is 29.2 Å². The fraction of sp³-hybridized carbons (Fsp3) is 0.444. The van der Waals surface area contributed by atoms with Crippen molar-refractivity contribution in [2.45, 2.75) is 12.8 Å². The van der Waals surface area contributed by atoms with Crippen molar-refractivity contribution >= 4 is 29.1 Å². The lowest BCUT2D eigenvalue weighted by molar-refractivity contribution is -0.144. The van der Waals surface area contributed by atoms with Crippen molar-refractivity contribution in [3.8, 4) is 0 Å². The predicted molar refractivity (Wildman–Crippen MR) is 92.8 cm³/mol. The topological polar surface area (TPSA) is 58.6 Å². The Kier molecular flexibility index (Phi) is 5.53. The second kappa shape index (κ2) is 7.81. The average molecular weight is 349 g/mol. The third kappa shape index (κ3) is 3.79. The van der Waals surface area contributed by atoms with Crippen LogP contribution in [-0.2, 0) is 14.3 Å². The van der Waals surface area contributed by atoms with Crippen molar-refractivity contribution in [1.29, 1.82) is 0 Å². The number of hydrogen-bond donors (Lipinski definition) is 1. The van der Waals surface area contributed by atoms with Gasteiger partial charge in [0.05, 0.1) is 35.8 Å². The third-order valence-corrected chi connectivity index (χ3v) is 4.87. The third-order valence-electron chi connectivity index (χ3n) is 4.54. The Labute approximate surface area is 146 Å². The molecule has 0 aromatic heterocycles. The number of carbonyl (C=O) groups excluding carboxylic acids is 2. The number of nitrogens with zero attached hydrogens (tertiary/aromatic N) is 1. The number of ether oxygens (including phenoxy) is 1. The minimum Gasteiger partial charge on any atom is -0.378 e. The summed E-state index contributed by atoms with van der Waals surface area (Å²) in [6.07, 6.45) is 5.12. The van der Waals surface area contributed by atoms with Gasteiger partial charge >= 0.3 is 0 Å². The minimum absolute atomic E-state index is 0.0435. The molecule has 6 heteroatoms. The molecule has 2 atom stereocenters. The monoisotopic (exact) mass is 348 g/mol. The number of anilines is 1. The number of nitrogens with one attached hydrogen (secondary N) is 1. The second-order valence-electron chi connectivity index (χ2n) is 6.06. The van der Waals surface area contributed by atoms with Crippen LogP contribution < -0.4 is 5.32 Å². The molecule has 2 amide bonds. The summed E-state index contributed by atoms with van der Waals surface area (Å²) < 4.78 is 5.30. The molecule has 1 aliphatic heterocycles. The SMILES string of the molecule is O=C(Nc1ccccc1Cl)[C@H]1CC=CC[C@H]1C(=O)N1CCOCC1. The zero-order chi connectivity index (χ0) is 16.9. The Morgan fingerprint density at radius 1 is 1.08 bits per heavy atom. The van der Waals surface area contributed by atoms with Crippen molar-refractivity contribution in [1.82, 2.24) is 4.90 Å². The maximum atomic E-state index is 12.8. The van der Waals surface area contributed by atoms with Gasteiger partial charge in [-0.05, 0) is 25.0 Å². The molecule has 2 aliphatic rings. The number of amides is 2. The van der Waals surface area contributed by atoms with Crippen LogP contribution in [0.2, 0.25) is 5.02 Å². The van der Waals surface area contributed by atoms with Gasteiger partial charge in [0.25, 0.3) is 0 Å². The highest BCUT2D eigenvalue weighted by molar-refractivity contribution is 6.33. The van der Waals surface area contributed by atoms with Crippen LogP contribution >= 0.6 is 11.6 Å². The maximum absolute atomic E-state index is 12.8. The largest absolute Gasteiger partial charge is 0.378 e. The fourth-order valence-electron chi connectivity index (χ4n) is 3.18. The van der Waals surface area contributed by atoms with E-state index in [1.54, 1.807) is 12.1 Å². The number of rotatable bonds is 3. The summed E-state index contributed by atoms with van der Waals surface area (Å²) in [5, 5.41) is 3.36. The van der Waals surface area contributed by atoms with Crippen molar-refractivity contribution in [2.75, 3.05) is 31.6 Å². The number of allylic oxidation sites excluding steroid dienone is 2. The van der Waals surface area contributed by atoms with E-state index in [4.69, 9.17) is 16.3 Å². The highest BCUT2D eigenvalue weighted by atomic mass is 35.5. The summed E-state index contributed by atoms with van der Waals surface area (Å²) in [6, 6.07) is 7.12. The number of benzene rings is 1. The summed E-state index contributed by atoms with van der Waals surface area (Å²) in [6.45, 7) is 2.31. The Morgan fingerprint density at radius 2 is 1.75 bits per heavy atom.